The zero-order valence-electron chi connectivity index (χ0n) is 27.2. The van der Waals surface area contributed by atoms with E-state index in [0.717, 1.165) is 16.7 Å². The van der Waals surface area contributed by atoms with Crippen LogP contribution in [-0.2, 0) is 14.8 Å². The van der Waals surface area contributed by atoms with Gasteiger partial charge in [0.25, 0.3) is 15.9 Å². The van der Waals surface area contributed by atoms with Crippen LogP contribution >= 0.6 is 0 Å². The number of rotatable bonds is 7. The summed E-state index contributed by atoms with van der Waals surface area (Å²) in [7, 11) is -4.15. The maximum Gasteiger partial charge on any atom is 0.407 e. The van der Waals surface area contributed by atoms with Gasteiger partial charge in [-0.2, -0.15) is 4.98 Å². The van der Waals surface area contributed by atoms with Gasteiger partial charge in [-0.1, -0.05) is 38.1 Å². The zero-order chi connectivity index (χ0) is 33.2. The molecule has 2 N–H and O–H groups in total. The molecule has 11 nitrogen and oxygen atoms in total. The Labute approximate surface area is 271 Å². The van der Waals surface area contributed by atoms with Crippen LogP contribution < -0.4 is 14.8 Å². The first-order valence-corrected chi connectivity index (χ1v) is 17.3. The van der Waals surface area contributed by atoms with Crippen LogP contribution in [0, 0.1) is 25.7 Å². The van der Waals surface area contributed by atoms with Gasteiger partial charge in [0, 0.05) is 29.8 Å². The summed E-state index contributed by atoms with van der Waals surface area (Å²) >= 11 is 0. The summed E-state index contributed by atoms with van der Waals surface area (Å²) in [4.78, 5) is 37.1. The number of benzene rings is 2. The Morgan fingerprint density at radius 2 is 1.76 bits per heavy atom. The molecule has 0 unspecified atom stereocenters. The van der Waals surface area contributed by atoms with Crippen molar-refractivity contribution in [2.45, 2.75) is 83.9 Å². The first-order chi connectivity index (χ1) is 21.8. The molecule has 3 aromatic rings. The van der Waals surface area contributed by atoms with Gasteiger partial charge < -0.3 is 19.7 Å². The Morgan fingerprint density at radius 1 is 1.07 bits per heavy atom. The molecule has 5 rings (SSSR count). The highest BCUT2D eigenvalue weighted by Gasteiger charge is 2.41. The lowest BCUT2D eigenvalue weighted by Crippen LogP contribution is -2.56. The average Bonchev–Trinajstić information content (AvgIpc) is 2.95. The lowest BCUT2D eigenvalue weighted by atomic mass is 9.78. The molecule has 1 atom stereocenters. The number of nitrogens with one attached hydrogen (secondary N) is 2. The lowest BCUT2D eigenvalue weighted by Gasteiger charge is -2.47. The van der Waals surface area contributed by atoms with E-state index < -0.39 is 16.1 Å². The molecule has 1 aromatic heterocycles. The monoisotopic (exact) mass is 649 g/mol. The molecule has 2 heterocycles. The number of hydrogen-bond donors (Lipinski definition) is 2. The minimum absolute atomic E-state index is 0.0687. The number of alkyl carbamates (subject to hydrolysis) is 1. The van der Waals surface area contributed by atoms with Crippen LogP contribution in [0.1, 0.15) is 68.4 Å². The van der Waals surface area contributed by atoms with E-state index in [-0.39, 0.29) is 64.8 Å². The third kappa shape index (κ3) is 7.60. The normalized spacial score (nSPS) is 20.8. The van der Waals surface area contributed by atoms with Crippen LogP contribution in [0.2, 0.25) is 0 Å². The summed E-state index contributed by atoms with van der Waals surface area (Å²) in [5, 5.41) is 2.82. The van der Waals surface area contributed by atoms with E-state index in [4.69, 9.17) is 9.47 Å². The number of aromatic nitrogens is 2. The molecule has 2 amide bonds. The van der Waals surface area contributed by atoms with Gasteiger partial charge in [-0.05, 0) is 88.1 Å². The largest absolute Gasteiger partial charge is 0.475 e. The molecule has 1 aliphatic carbocycles. The summed E-state index contributed by atoms with van der Waals surface area (Å²) in [6.07, 6.45) is 1.34. The number of amides is 2. The Hall–Kier alpha value is -4.19. The van der Waals surface area contributed by atoms with Crippen molar-refractivity contribution in [1.82, 2.24) is 20.2 Å². The minimum atomic E-state index is -4.15. The van der Waals surface area contributed by atoms with Crippen LogP contribution in [0.3, 0.4) is 0 Å². The highest BCUT2D eigenvalue weighted by molar-refractivity contribution is 7.92. The molecule has 0 radical (unpaired) electrons. The van der Waals surface area contributed by atoms with Crippen molar-refractivity contribution in [2.24, 2.45) is 11.8 Å². The van der Waals surface area contributed by atoms with Crippen molar-refractivity contribution in [1.29, 1.82) is 0 Å². The molecule has 1 aliphatic heterocycles. The number of carbonyl (C=O) groups excluding carboxylic acids is 2. The third-order valence-corrected chi connectivity index (χ3v) is 9.66. The molecule has 46 heavy (non-hydrogen) atoms. The van der Waals surface area contributed by atoms with E-state index in [1.807, 2.05) is 36.9 Å². The topological polar surface area (TPSA) is 140 Å². The predicted molar refractivity (Wildman–Crippen MR) is 175 cm³/mol. The standard InChI is InChI=1S/C34H43N5O6S/c1-20(2)13-27-19-44-30-17-29(31-22(5)9-7-10-23(31)6)36-33(37-30)38-46(42,43)28-12-8-11-25(16-28)32(40)39(27)26-14-24(15-26)18-35-34(41)45-21(3)4/h7-12,16-17,20-21,24,26-27H,13-15,18-19H2,1-6H3,(H,35,41)(H,36,37,38)/t24?,26?,27-/m1/s1. The second-order valence-corrected chi connectivity index (χ2v) is 14.6. The number of sulfonamides is 1. The Morgan fingerprint density at radius 3 is 2.43 bits per heavy atom. The summed E-state index contributed by atoms with van der Waals surface area (Å²) in [5.74, 6) is 0.228. The number of anilines is 1. The fourth-order valence-electron chi connectivity index (χ4n) is 6.21. The maximum atomic E-state index is 14.3. The minimum Gasteiger partial charge on any atom is -0.475 e. The quantitative estimate of drug-likeness (QED) is 0.331. The smallest absolute Gasteiger partial charge is 0.407 e. The van der Waals surface area contributed by atoms with E-state index in [1.54, 1.807) is 32.0 Å². The highest BCUT2D eigenvalue weighted by Crippen LogP contribution is 2.36. The SMILES string of the molecule is Cc1cccc(C)c1-c1cc2nc(n1)NS(=O)(=O)c1cccc(c1)C(=O)N(C1CC(CNC(=O)OC(C)C)C1)[C@H](CC(C)C)CO2. The van der Waals surface area contributed by atoms with Crippen molar-refractivity contribution >= 4 is 28.0 Å². The van der Waals surface area contributed by atoms with E-state index in [0.29, 0.717) is 31.5 Å². The summed E-state index contributed by atoms with van der Waals surface area (Å²) < 4.78 is 41.2. The number of aryl methyl sites for hydroxylation is 2. The molecule has 12 heteroatoms. The van der Waals surface area contributed by atoms with Crippen molar-refractivity contribution in [3.8, 4) is 17.1 Å². The first-order valence-electron chi connectivity index (χ1n) is 15.8. The maximum absolute atomic E-state index is 14.3. The summed E-state index contributed by atoms with van der Waals surface area (Å²) in [6.45, 7) is 12.3. The number of hydrogen-bond acceptors (Lipinski definition) is 8. The second kappa shape index (κ2) is 13.7. The van der Waals surface area contributed by atoms with Crippen LogP contribution in [0.5, 0.6) is 5.88 Å². The van der Waals surface area contributed by atoms with Crippen LogP contribution in [0.25, 0.3) is 11.3 Å². The predicted octanol–water partition coefficient (Wildman–Crippen LogP) is 5.72. The molecule has 2 aliphatic rings. The lowest BCUT2D eigenvalue weighted by molar-refractivity contribution is 0.0142. The average molecular weight is 650 g/mol. The molecule has 0 spiro atoms. The van der Waals surface area contributed by atoms with E-state index in [2.05, 4.69) is 33.9 Å². The Balaban J connectivity index is 1.52. The molecule has 1 saturated carbocycles. The van der Waals surface area contributed by atoms with E-state index >= 15 is 0 Å². The molecular weight excluding hydrogens is 606 g/mol. The fraction of sp³-hybridized carbons (Fsp3) is 0.471. The van der Waals surface area contributed by atoms with Gasteiger partial charge in [-0.25, -0.2) is 22.9 Å². The van der Waals surface area contributed by atoms with Crippen LogP contribution in [0.15, 0.2) is 53.4 Å². The number of carbonyl (C=O) groups is 2. The van der Waals surface area contributed by atoms with E-state index in [9.17, 15) is 18.0 Å². The molecule has 4 bridgehead atoms. The van der Waals surface area contributed by atoms with Gasteiger partial charge in [0.05, 0.1) is 22.7 Å². The van der Waals surface area contributed by atoms with Crippen molar-refractivity contribution in [2.75, 3.05) is 17.9 Å². The molecule has 1 fully saturated rings. The van der Waals surface area contributed by atoms with Gasteiger partial charge in [0.15, 0.2) is 0 Å². The van der Waals surface area contributed by atoms with Crippen molar-refractivity contribution in [3.05, 3.63) is 65.2 Å². The fourth-order valence-corrected chi connectivity index (χ4v) is 7.20. The number of nitrogens with zero attached hydrogens (tertiary/aromatic N) is 3. The first kappa shape index (κ1) is 33.2. The number of fused-ring (bicyclic) bond motifs is 4. The second-order valence-electron chi connectivity index (χ2n) is 12.9. The van der Waals surface area contributed by atoms with Crippen molar-refractivity contribution in [3.63, 3.8) is 0 Å². The van der Waals surface area contributed by atoms with Gasteiger partial charge in [-0.3, -0.25) is 4.79 Å². The Bertz CT molecular complexity index is 1680. The molecule has 2 aromatic carbocycles. The third-order valence-electron chi connectivity index (χ3n) is 8.33. The molecule has 0 saturated heterocycles. The number of ether oxygens (including phenoxy) is 2. The van der Waals surface area contributed by atoms with Crippen LogP contribution in [0.4, 0.5) is 10.7 Å². The molecular formula is C34H43N5O6S. The van der Waals surface area contributed by atoms with Crippen molar-refractivity contribution < 1.29 is 27.5 Å². The Kier molecular flexibility index (Phi) is 9.85. The summed E-state index contributed by atoms with van der Waals surface area (Å²) in [6, 6.07) is 13.2. The van der Waals surface area contributed by atoms with Crippen LogP contribution in [-0.4, -0.2) is 66.6 Å². The van der Waals surface area contributed by atoms with E-state index in [1.165, 1.54) is 12.1 Å². The molecule has 246 valence electrons. The van der Waals surface area contributed by atoms with Gasteiger partial charge in [0.1, 0.15) is 6.61 Å². The van der Waals surface area contributed by atoms with Gasteiger partial charge in [-0.15, -0.1) is 0 Å². The van der Waals surface area contributed by atoms with Gasteiger partial charge >= 0.3 is 6.09 Å². The zero-order valence-corrected chi connectivity index (χ0v) is 28.1. The highest BCUT2D eigenvalue weighted by atomic mass is 32.2. The summed E-state index contributed by atoms with van der Waals surface area (Å²) in [5.41, 5.74) is 3.61. The van der Waals surface area contributed by atoms with Gasteiger partial charge in [0.2, 0.25) is 11.8 Å².